The zero-order chi connectivity index (χ0) is 21.3. The second kappa shape index (κ2) is 10.8. The van der Waals surface area contributed by atoms with Crippen molar-refractivity contribution in [3.05, 3.63) is 73.1 Å². The van der Waals surface area contributed by atoms with Crippen molar-refractivity contribution in [2.75, 3.05) is 0 Å². The molecule has 3 rings (SSSR count). The first kappa shape index (κ1) is 21.9. The number of carboxylic acid groups (broad SMARTS) is 1. The molecule has 30 heavy (non-hydrogen) atoms. The predicted molar refractivity (Wildman–Crippen MR) is 126 cm³/mol. The average Bonchev–Trinajstić information content (AvgIpc) is 3.40. The molecule has 0 bridgehead atoms. The topological polar surface area (TPSA) is 42.2 Å². The number of carbonyl (C=O) groups is 1. The van der Waals surface area contributed by atoms with Gasteiger partial charge in [0.1, 0.15) is 0 Å². The number of aryl methyl sites for hydroxylation is 1. The molecule has 1 aliphatic rings. The van der Waals surface area contributed by atoms with Gasteiger partial charge in [0.25, 0.3) is 0 Å². The SMILES string of the molecule is C=C/C=C\c1c(-c2ccccc2)cn(CCCCC(C(=O)O)C2CCCC2)c1C=C. The van der Waals surface area contributed by atoms with Gasteiger partial charge in [-0.05, 0) is 43.2 Å². The summed E-state index contributed by atoms with van der Waals surface area (Å²) in [5.41, 5.74) is 4.59. The van der Waals surface area contributed by atoms with E-state index < -0.39 is 5.97 Å². The summed E-state index contributed by atoms with van der Waals surface area (Å²) in [6.07, 6.45) is 17.1. The Morgan fingerprint density at radius 2 is 1.90 bits per heavy atom. The van der Waals surface area contributed by atoms with E-state index in [2.05, 4.69) is 54.3 Å². The third-order valence-electron chi connectivity index (χ3n) is 6.29. The van der Waals surface area contributed by atoms with Crippen LogP contribution in [-0.4, -0.2) is 15.6 Å². The van der Waals surface area contributed by atoms with Crippen molar-refractivity contribution >= 4 is 18.1 Å². The highest BCUT2D eigenvalue weighted by Gasteiger charge is 2.29. The zero-order valence-corrected chi connectivity index (χ0v) is 17.8. The Labute approximate surface area is 180 Å². The quantitative estimate of drug-likeness (QED) is 0.322. The molecule has 0 radical (unpaired) electrons. The first-order chi connectivity index (χ1) is 14.7. The van der Waals surface area contributed by atoms with E-state index in [1.807, 2.05) is 18.2 Å². The molecule has 0 aliphatic heterocycles. The Morgan fingerprint density at radius 3 is 2.53 bits per heavy atom. The predicted octanol–water partition coefficient (Wildman–Crippen LogP) is 7.06. The van der Waals surface area contributed by atoms with E-state index in [-0.39, 0.29) is 5.92 Å². The molecule has 158 valence electrons. The highest BCUT2D eigenvalue weighted by molar-refractivity contribution is 5.80. The van der Waals surface area contributed by atoms with Crippen LogP contribution in [0.15, 0.2) is 61.8 Å². The van der Waals surface area contributed by atoms with Gasteiger partial charge >= 0.3 is 5.97 Å². The largest absolute Gasteiger partial charge is 0.481 e. The molecular formula is C27H33NO2. The van der Waals surface area contributed by atoms with Crippen LogP contribution < -0.4 is 0 Å². The lowest BCUT2D eigenvalue weighted by atomic mass is 9.87. The van der Waals surface area contributed by atoms with E-state index in [1.54, 1.807) is 6.08 Å². The molecule has 1 N–H and O–H groups in total. The van der Waals surface area contributed by atoms with Crippen LogP contribution in [-0.2, 0) is 11.3 Å². The minimum atomic E-state index is -0.613. The lowest BCUT2D eigenvalue weighted by molar-refractivity contribution is -0.144. The normalized spacial score (nSPS) is 15.5. The molecule has 2 aromatic rings. The van der Waals surface area contributed by atoms with E-state index >= 15 is 0 Å². The molecule has 1 aliphatic carbocycles. The van der Waals surface area contributed by atoms with Gasteiger partial charge in [-0.2, -0.15) is 0 Å². The Balaban J connectivity index is 1.73. The van der Waals surface area contributed by atoms with Crippen molar-refractivity contribution in [3.63, 3.8) is 0 Å². The molecule has 1 atom stereocenters. The highest BCUT2D eigenvalue weighted by atomic mass is 16.4. The molecule has 1 aromatic heterocycles. The third-order valence-corrected chi connectivity index (χ3v) is 6.29. The molecule has 3 nitrogen and oxygen atoms in total. The molecule has 0 amide bonds. The number of aliphatic carboxylic acids is 1. The van der Waals surface area contributed by atoms with Gasteiger partial charge in [0, 0.05) is 29.6 Å². The fourth-order valence-electron chi connectivity index (χ4n) is 4.75. The van der Waals surface area contributed by atoms with E-state index in [9.17, 15) is 9.90 Å². The maximum Gasteiger partial charge on any atom is 0.306 e. The van der Waals surface area contributed by atoms with Crippen LogP contribution in [0.25, 0.3) is 23.3 Å². The molecule has 1 saturated carbocycles. The van der Waals surface area contributed by atoms with Crippen molar-refractivity contribution in [1.29, 1.82) is 0 Å². The fourth-order valence-corrected chi connectivity index (χ4v) is 4.75. The third kappa shape index (κ3) is 5.21. The number of allylic oxidation sites excluding steroid dienone is 2. The number of nitrogens with zero attached hydrogens (tertiary/aromatic N) is 1. The molecular weight excluding hydrogens is 370 g/mol. The second-order valence-corrected chi connectivity index (χ2v) is 8.19. The monoisotopic (exact) mass is 403 g/mol. The number of unbranched alkanes of at least 4 members (excludes halogenated alkanes) is 1. The highest BCUT2D eigenvalue weighted by Crippen LogP contribution is 2.35. The van der Waals surface area contributed by atoms with Gasteiger partial charge < -0.3 is 9.67 Å². The summed E-state index contributed by atoms with van der Waals surface area (Å²) in [5, 5.41) is 9.65. The summed E-state index contributed by atoms with van der Waals surface area (Å²) in [6, 6.07) is 10.4. The van der Waals surface area contributed by atoms with E-state index in [1.165, 1.54) is 24.0 Å². The van der Waals surface area contributed by atoms with Crippen LogP contribution >= 0.6 is 0 Å². The van der Waals surface area contributed by atoms with Gasteiger partial charge in [-0.25, -0.2) is 0 Å². The number of hydrogen-bond acceptors (Lipinski definition) is 1. The minimum absolute atomic E-state index is 0.179. The number of aromatic nitrogens is 1. The van der Waals surface area contributed by atoms with E-state index in [0.717, 1.165) is 49.9 Å². The molecule has 3 heteroatoms. The fraction of sp³-hybridized carbons (Fsp3) is 0.370. The number of hydrogen-bond donors (Lipinski definition) is 1. The van der Waals surface area contributed by atoms with Crippen molar-refractivity contribution in [3.8, 4) is 11.1 Å². The van der Waals surface area contributed by atoms with Gasteiger partial charge in [0.2, 0.25) is 0 Å². The molecule has 1 aromatic carbocycles. The molecule has 1 heterocycles. The summed E-state index contributed by atoms with van der Waals surface area (Å²) in [6.45, 7) is 8.70. The lowest BCUT2D eigenvalue weighted by Gasteiger charge is -2.19. The Kier molecular flexibility index (Phi) is 7.89. The Hall–Kier alpha value is -2.81. The first-order valence-electron chi connectivity index (χ1n) is 11.1. The number of carboxylic acids is 1. The summed E-state index contributed by atoms with van der Waals surface area (Å²) in [5.74, 6) is -0.419. The van der Waals surface area contributed by atoms with Crippen molar-refractivity contribution in [2.24, 2.45) is 11.8 Å². The summed E-state index contributed by atoms with van der Waals surface area (Å²) < 4.78 is 2.25. The van der Waals surface area contributed by atoms with Crippen LogP contribution in [0.3, 0.4) is 0 Å². The number of rotatable bonds is 11. The van der Waals surface area contributed by atoms with Gasteiger partial charge in [-0.15, -0.1) is 0 Å². The minimum Gasteiger partial charge on any atom is -0.481 e. The maximum atomic E-state index is 11.7. The van der Waals surface area contributed by atoms with Crippen LogP contribution in [0.5, 0.6) is 0 Å². The van der Waals surface area contributed by atoms with Gasteiger partial charge in [-0.3, -0.25) is 4.79 Å². The smallest absolute Gasteiger partial charge is 0.306 e. The van der Waals surface area contributed by atoms with Crippen LogP contribution in [0.1, 0.15) is 56.2 Å². The number of benzene rings is 1. The molecule has 0 spiro atoms. The summed E-state index contributed by atoms with van der Waals surface area (Å²) in [4.78, 5) is 11.7. The summed E-state index contributed by atoms with van der Waals surface area (Å²) in [7, 11) is 0. The average molecular weight is 404 g/mol. The molecule has 1 unspecified atom stereocenters. The van der Waals surface area contributed by atoms with Gasteiger partial charge in [0.05, 0.1) is 5.92 Å². The van der Waals surface area contributed by atoms with Gasteiger partial charge in [0.15, 0.2) is 0 Å². The Morgan fingerprint density at radius 1 is 1.17 bits per heavy atom. The van der Waals surface area contributed by atoms with Crippen LogP contribution in [0, 0.1) is 11.8 Å². The Bertz CT molecular complexity index is 885. The van der Waals surface area contributed by atoms with Crippen molar-refractivity contribution in [1.82, 2.24) is 4.57 Å². The zero-order valence-electron chi connectivity index (χ0n) is 17.8. The lowest BCUT2D eigenvalue weighted by Crippen LogP contribution is -2.21. The van der Waals surface area contributed by atoms with Crippen LogP contribution in [0.2, 0.25) is 0 Å². The van der Waals surface area contributed by atoms with Crippen molar-refractivity contribution in [2.45, 2.75) is 51.5 Å². The standard InChI is InChI=1S/C27H33NO2/c1-3-5-17-24-25(22-13-7-6-8-14-22)20-28(26(24)4-2)19-12-11-18-23(27(29)30)21-15-9-10-16-21/h3-8,13-14,17,20-21,23H,1-2,9-12,15-16,18-19H2,(H,29,30)/b17-5-. The maximum absolute atomic E-state index is 11.7. The van der Waals surface area contributed by atoms with Crippen molar-refractivity contribution < 1.29 is 9.90 Å². The van der Waals surface area contributed by atoms with Crippen LogP contribution in [0.4, 0.5) is 0 Å². The summed E-state index contributed by atoms with van der Waals surface area (Å²) >= 11 is 0. The van der Waals surface area contributed by atoms with Gasteiger partial charge in [-0.1, -0.05) is 81.0 Å². The van der Waals surface area contributed by atoms with E-state index in [0.29, 0.717) is 5.92 Å². The molecule has 0 saturated heterocycles. The second-order valence-electron chi connectivity index (χ2n) is 8.19. The molecule has 1 fully saturated rings. The first-order valence-corrected chi connectivity index (χ1v) is 11.1. The van der Waals surface area contributed by atoms with E-state index in [4.69, 9.17) is 0 Å².